The monoisotopic (exact) mass is 335 g/mol. The van der Waals surface area contributed by atoms with Crippen molar-refractivity contribution in [3.63, 3.8) is 0 Å². The van der Waals surface area contributed by atoms with E-state index in [2.05, 4.69) is 44.9 Å². The van der Waals surface area contributed by atoms with Gasteiger partial charge in [-0.1, -0.05) is 49.6 Å². The number of hydrogen-bond donors (Lipinski definition) is 1. The van der Waals surface area contributed by atoms with Gasteiger partial charge in [-0.25, -0.2) is 9.97 Å². The average molecular weight is 335 g/mol. The Bertz CT molecular complexity index is 774. The summed E-state index contributed by atoms with van der Waals surface area (Å²) in [5.74, 6) is 1.58. The second-order valence-corrected chi connectivity index (χ2v) is 7.19. The number of rotatable bonds is 4. The minimum atomic E-state index is 0.754. The highest BCUT2D eigenvalue weighted by atomic mass is 32.1. The third-order valence-electron chi connectivity index (χ3n) is 4.69. The third kappa shape index (κ3) is 3.49. The number of pyridine rings is 1. The zero-order valence-electron chi connectivity index (χ0n) is 13.6. The van der Waals surface area contributed by atoms with Crippen molar-refractivity contribution in [1.82, 2.24) is 9.97 Å². The lowest BCUT2D eigenvalue weighted by atomic mass is 9.84. The summed E-state index contributed by atoms with van der Waals surface area (Å²) >= 11 is 1.61. The Labute approximate surface area is 146 Å². The molecule has 1 aliphatic carbocycles. The quantitative estimate of drug-likeness (QED) is 0.635. The zero-order valence-corrected chi connectivity index (χ0v) is 14.4. The van der Waals surface area contributed by atoms with Crippen LogP contribution >= 0.6 is 11.3 Å². The van der Waals surface area contributed by atoms with Crippen molar-refractivity contribution in [2.45, 2.75) is 38.0 Å². The van der Waals surface area contributed by atoms with E-state index in [1.165, 1.54) is 43.2 Å². The molecule has 3 nitrogen and oxygen atoms in total. The summed E-state index contributed by atoms with van der Waals surface area (Å²) < 4.78 is 0. The van der Waals surface area contributed by atoms with E-state index in [1.54, 1.807) is 17.5 Å². The zero-order chi connectivity index (χ0) is 16.2. The van der Waals surface area contributed by atoms with Crippen LogP contribution in [0.4, 0.5) is 10.9 Å². The molecule has 0 unspecified atom stereocenters. The van der Waals surface area contributed by atoms with Crippen LogP contribution in [0.1, 0.15) is 43.6 Å². The van der Waals surface area contributed by atoms with Crippen LogP contribution in [0.5, 0.6) is 0 Å². The van der Waals surface area contributed by atoms with E-state index in [4.69, 9.17) is 0 Å². The number of hydrogen-bond acceptors (Lipinski definition) is 4. The van der Waals surface area contributed by atoms with Gasteiger partial charge in [0.15, 0.2) is 5.13 Å². The molecule has 1 aromatic carbocycles. The van der Waals surface area contributed by atoms with E-state index in [0.29, 0.717) is 0 Å². The number of thiazole rings is 1. The molecule has 2 heterocycles. The molecule has 1 fully saturated rings. The molecule has 4 rings (SSSR count). The minimum absolute atomic E-state index is 0.754. The number of benzene rings is 1. The molecule has 0 amide bonds. The topological polar surface area (TPSA) is 37.8 Å². The fourth-order valence-corrected chi connectivity index (χ4v) is 4.10. The summed E-state index contributed by atoms with van der Waals surface area (Å²) in [6, 6.07) is 14.8. The van der Waals surface area contributed by atoms with Gasteiger partial charge in [-0.3, -0.25) is 0 Å². The van der Waals surface area contributed by atoms with E-state index >= 15 is 0 Å². The van der Waals surface area contributed by atoms with Crippen molar-refractivity contribution in [3.05, 3.63) is 59.6 Å². The fourth-order valence-electron chi connectivity index (χ4n) is 3.37. The van der Waals surface area contributed by atoms with Crippen LogP contribution in [0.2, 0.25) is 0 Å². The van der Waals surface area contributed by atoms with Crippen LogP contribution in [-0.4, -0.2) is 9.97 Å². The Balaban J connectivity index is 1.48. The first-order chi connectivity index (χ1) is 11.9. The molecule has 2 aromatic heterocycles. The summed E-state index contributed by atoms with van der Waals surface area (Å²) in [5.41, 5.74) is 3.69. The van der Waals surface area contributed by atoms with Gasteiger partial charge in [0.2, 0.25) is 0 Å². The summed E-state index contributed by atoms with van der Waals surface area (Å²) in [5, 5.41) is 6.23. The van der Waals surface area contributed by atoms with Gasteiger partial charge >= 0.3 is 0 Å². The van der Waals surface area contributed by atoms with E-state index in [0.717, 1.165) is 22.6 Å². The molecule has 0 bridgehead atoms. The van der Waals surface area contributed by atoms with E-state index in [1.807, 2.05) is 18.2 Å². The molecule has 1 saturated carbocycles. The van der Waals surface area contributed by atoms with Crippen LogP contribution in [-0.2, 0) is 0 Å². The predicted molar refractivity (Wildman–Crippen MR) is 101 cm³/mol. The van der Waals surface area contributed by atoms with Crippen molar-refractivity contribution >= 4 is 22.3 Å². The molecule has 0 aliphatic heterocycles. The molecular weight excluding hydrogens is 314 g/mol. The van der Waals surface area contributed by atoms with Gasteiger partial charge < -0.3 is 5.32 Å². The predicted octanol–water partition coefficient (Wildman–Crippen LogP) is 6.00. The first-order valence-corrected chi connectivity index (χ1v) is 9.50. The van der Waals surface area contributed by atoms with Gasteiger partial charge in [0.1, 0.15) is 5.82 Å². The SMILES string of the molecule is c1ccc(Nc2nc(-c3ccc(C4CCCCC4)cc3)cs2)nc1. The Hall–Kier alpha value is -2.20. The van der Waals surface area contributed by atoms with Gasteiger partial charge in [0.05, 0.1) is 5.69 Å². The maximum atomic E-state index is 4.69. The molecular formula is C20H21N3S. The highest BCUT2D eigenvalue weighted by Gasteiger charge is 2.15. The van der Waals surface area contributed by atoms with Gasteiger partial charge in [0.25, 0.3) is 0 Å². The number of aromatic nitrogens is 2. The van der Waals surface area contributed by atoms with Crippen molar-refractivity contribution in [2.75, 3.05) is 5.32 Å². The Morgan fingerprint density at radius 2 is 1.79 bits per heavy atom. The van der Waals surface area contributed by atoms with Crippen LogP contribution in [0.3, 0.4) is 0 Å². The van der Waals surface area contributed by atoms with E-state index in [9.17, 15) is 0 Å². The lowest BCUT2D eigenvalue weighted by Gasteiger charge is -2.22. The average Bonchev–Trinajstić information content (AvgIpc) is 3.12. The summed E-state index contributed by atoms with van der Waals surface area (Å²) in [7, 11) is 0. The minimum Gasteiger partial charge on any atom is -0.316 e. The molecule has 122 valence electrons. The lowest BCUT2D eigenvalue weighted by molar-refractivity contribution is 0.443. The third-order valence-corrected chi connectivity index (χ3v) is 5.44. The first kappa shape index (κ1) is 15.3. The summed E-state index contributed by atoms with van der Waals surface area (Å²) in [6.07, 6.45) is 8.62. The fraction of sp³-hybridized carbons (Fsp3) is 0.300. The van der Waals surface area contributed by atoms with Crippen molar-refractivity contribution in [2.24, 2.45) is 0 Å². The molecule has 4 heteroatoms. The van der Waals surface area contributed by atoms with Gasteiger partial charge in [0, 0.05) is 17.1 Å². The van der Waals surface area contributed by atoms with Crippen LogP contribution in [0.15, 0.2) is 54.0 Å². The summed E-state index contributed by atoms with van der Waals surface area (Å²) in [6.45, 7) is 0. The Morgan fingerprint density at radius 1 is 0.958 bits per heavy atom. The molecule has 0 atom stereocenters. The van der Waals surface area contributed by atoms with Crippen LogP contribution < -0.4 is 5.32 Å². The smallest absolute Gasteiger partial charge is 0.188 e. The molecule has 24 heavy (non-hydrogen) atoms. The summed E-state index contributed by atoms with van der Waals surface area (Å²) in [4.78, 5) is 8.96. The van der Waals surface area contributed by atoms with Gasteiger partial charge in [-0.15, -0.1) is 11.3 Å². The molecule has 0 saturated heterocycles. The molecule has 0 spiro atoms. The molecule has 1 N–H and O–H groups in total. The molecule has 0 radical (unpaired) electrons. The Kier molecular flexibility index (Phi) is 4.56. The normalized spacial score (nSPS) is 15.3. The molecule has 3 aromatic rings. The Morgan fingerprint density at radius 3 is 2.54 bits per heavy atom. The second kappa shape index (κ2) is 7.14. The van der Waals surface area contributed by atoms with E-state index in [-0.39, 0.29) is 0 Å². The van der Waals surface area contributed by atoms with Crippen molar-refractivity contribution in [3.8, 4) is 11.3 Å². The van der Waals surface area contributed by atoms with Crippen LogP contribution in [0, 0.1) is 0 Å². The maximum absolute atomic E-state index is 4.69. The van der Waals surface area contributed by atoms with Crippen LogP contribution in [0.25, 0.3) is 11.3 Å². The first-order valence-electron chi connectivity index (χ1n) is 8.62. The largest absolute Gasteiger partial charge is 0.316 e. The van der Waals surface area contributed by atoms with E-state index < -0.39 is 0 Å². The molecule has 1 aliphatic rings. The lowest BCUT2D eigenvalue weighted by Crippen LogP contribution is -2.04. The van der Waals surface area contributed by atoms with Crippen molar-refractivity contribution < 1.29 is 0 Å². The number of nitrogens with zero attached hydrogens (tertiary/aromatic N) is 2. The van der Waals surface area contributed by atoms with Gasteiger partial charge in [-0.2, -0.15) is 0 Å². The highest BCUT2D eigenvalue weighted by Crippen LogP contribution is 2.34. The van der Waals surface area contributed by atoms with Gasteiger partial charge in [-0.05, 0) is 36.5 Å². The van der Waals surface area contributed by atoms with Crippen molar-refractivity contribution in [1.29, 1.82) is 0 Å². The highest BCUT2D eigenvalue weighted by molar-refractivity contribution is 7.14. The maximum Gasteiger partial charge on any atom is 0.188 e. The number of nitrogens with one attached hydrogen (secondary N) is 1. The second-order valence-electron chi connectivity index (χ2n) is 6.33. The standard InChI is InChI=1S/C20H21N3S/c1-2-6-15(7-3-1)16-9-11-17(12-10-16)18-14-24-20(22-18)23-19-8-4-5-13-21-19/h4-5,8-15H,1-3,6-7H2,(H,21,22,23). The number of anilines is 2.